The van der Waals surface area contributed by atoms with Crippen LogP contribution in [0.4, 0.5) is 5.69 Å². The van der Waals surface area contributed by atoms with E-state index in [1.807, 2.05) is 45.2 Å². The lowest BCUT2D eigenvalue weighted by Crippen LogP contribution is -2.30. The molecule has 1 aliphatic carbocycles. The molecule has 0 heterocycles. The molecule has 132 valence electrons. The van der Waals surface area contributed by atoms with Gasteiger partial charge in [-0.15, -0.1) is 0 Å². The van der Waals surface area contributed by atoms with Gasteiger partial charge in [-0.25, -0.2) is 0 Å². The van der Waals surface area contributed by atoms with Crippen molar-refractivity contribution in [1.82, 2.24) is 4.90 Å². The number of amides is 2. The Hall–Kier alpha value is -2.04. The highest BCUT2D eigenvalue weighted by Gasteiger charge is 2.48. The normalized spacial score (nSPS) is 19.0. The summed E-state index contributed by atoms with van der Waals surface area (Å²) >= 11 is 0. The molecule has 1 aromatic rings. The molecule has 0 bridgehead atoms. The van der Waals surface area contributed by atoms with Gasteiger partial charge >= 0.3 is 0 Å². The van der Waals surface area contributed by atoms with Gasteiger partial charge in [0, 0.05) is 19.3 Å². The van der Waals surface area contributed by atoms with E-state index in [0.29, 0.717) is 6.42 Å². The van der Waals surface area contributed by atoms with E-state index in [1.54, 1.807) is 4.90 Å². The van der Waals surface area contributed by atoms with Gasteiger partial charge in [-0.2, -0.15) is 0 Å². The van der Waals surface area contributed by atoms with Gasteiger partial charge in [0.1, 0.15) is 5.75 Å². The van der Waals surface area contributed by atoms with Crippen LogP contribution in [0.25, 0.3) is 0 Å². The fraction of sp³-hybridized carbons (Fsp3) is 0.579. The van der Waals surface area contributed by atoms with Crippen molar-refractivity contribution < 1.29 is 14.3 Å². The van der Waals surface area contributed by atoms with Crippen LogP contribution in [0, 0.1) is 11.8 Å². The smallest absolute Gasteiger partial charge is 0.228 e. The first kappa shape index (κ1) is 18.3. The maximum atomic E-state index is 12.3. The average molecular weight is 332 g/mol. The minimum Gasteiger partial charge on any atom is -0.491 e. The minimum absolute atomic E-state index is 0.0743. The van der Waals surface area contributed by atoms with Crippen LogP contribution in [0.2, 0.25) is 0 Å². The molecule has 1 fully saturated rings. The van der Waals surface area contributed by atoms with Crippen molar-refractivity contribution in [2.45, 2.75) is 46.1 Å². The molecule has 0 radical (unpaired) electrons. The maximum Gasteiger partial charge on any atom is 0.228 e. The molecule has 5 heteroatoms. The number of ether oxygens (including phenoxy) is 1. The predicted octanol–water partition coefficient (Wildman–Crippen LogP) is 3.31. The van der Waals surface area contributed by atoms with Crippen molar-refractivity contribution in [3.8, 4) is 5.75 Å². The van der Waals surface area contributed by atoms with Crippen LogP contribution in [0.3, 0.4) is 0 Å². The van der Waals surface area contributed by atoms with Crippen molar-refractivity contribution in [2.75, 3.05) is 18.9 Å². The molecule has 2 amide bonds. The summed E-state index contributed by atoms with van der Waals surface area (Å²) in [5.41, 5.74) is 0.730. The highest BCUT2D eigenvalue weighted by molar-refractivity contribution is 5.99. The summed E-state index contributed by atoms with van der Waals surface area (Å²) in [6.45, 7) is 6.80. The van der Waals surface area contributed by atoms with E-state index in [1.165, 1.54) is 0 Å². The highest BCUT2D eigenvalue weighted by atomic mass is 16.5. The molecule has 0 aliphatic heterocycles. The van der Waals surface area contributed by atoms with Gasteiger partial charge in [-0.1, -0.05) is 13.3 Å². The molecule has 2 rings (SSSR count). The van der Waals surface area contributed by atoms with Crippen molar-refractivity contribution >= 4 is 17.5 Å². The van der Waals surface area contributed by atoms with E-state index in [2.05, 4.69) is 12.2 Å². The topological polar surface area (TPSA) is 58.6 Å². The summed E-state index contributed by atoms with van der Waals surface area (Å²) in [4.78, 5) is 26.3. The quantitative estimate of drug-likeness (QED) is 0.794. The van der Waals surface area contributed by atoms with E-state index in [9.17, 15) is 9.59 Å². The molecule has 2 unspecified atom stereocenters. The molecule has 0 saturated heterocycles. The number of anilines is 1. The highest BCUT2D eigenvalue weighted by Crippen LogP contribution is 2.40. The van der Waals surface area contributed by atoms with Crippen LogP contribution in [-0.2, 0) is 9.59 Å². The van der Waals surface area contributed by atoms with Crippen LogP contribution in [0.5, 0.6) is 5.75 Å². The standard InChI is InChI=1S/C19H28N2O3/c1-5-6-11-21(4)19(23)17-12-16(17)18(22)20-14-7-9-15(10-8-14)24-13(2)3/h7-10,13,16-17H,5-6,11-12H2,1-4H3,(H,20,22). The van der Waals surface area contributed by atoms with Crippen LogP contribution >= 0.6 is 0 Å². The summed E-state index contributed by atoms with van der Waals surface area (Å²) < 4.78 is 5.58. The predicted molar refractivity (Wildman–Crippen MR) is 95.0 cm³/mol. The van der Waals surface area contributed by atoms with Gasteiger partial charge < -0.3 is 15.0 Å². The fourth-order valence-corrected chi connectivity index (χ4v) is 2.67. The number of carbonyl (C=O) groups is 2. The number of benzene rings is 1. The van der Waals surface area contributed by atoms with E-state index >= 15 is 0 Å². The summed E-state index contributed by atoms with van der Waals surface area (Å²) in [5.74, 6) is 0.433. The van der Waals surface area contributed by atoms with Crippen LogP contribution in [0.1, 0.15) is 40.0 Å². The Bertz CT molecular complexity index is 568. The van der Waals surface area contributed by atoms with E-state index < -0.39 is 0 Å². The Kier molecular flexibility index (Phi) is 6.23. The number of nitrogens with one attached hydrogen (secondary N) is 1. The largest absolute Gasteiger partial charge is 0.491 e. The number of unbranched alkanes of at least 4 members (excludes halogenated alkanes) is 1. The second kappa shape index (κ2) is 8.18. The van der Waals surface area contributed by atoms with Crippen molar-refractivity contribution in [3.05, 3.63) is 24.3 Å². The maximum absolute atomic E-state index is 12.3. The van der Waals surface area contributed by atoms with Gasteiger partial charge in [-0.05, 0) is 51.0 Å². The fourth-order valence-electron chi connectivity index (χ4n) is 2.67. The Morgan fingerprint density at radius 2 is 1.92 bits per heavy atom. The van der Waals surface area contributed by atoms with Crippen LogP contribution in [0.15, 0.2) is 24.3 Å². The molecule has 1 aromatic carbocycles. The molecule has 1 aliphatic rings. The lowest BCUT2D eigenvalue weighted by atomic mass is 10.2. The molecule has 5 nitrogen and oxygen atoms in total. The third-order valence-corrected chi connectivity index (χ3v) is 4.16. The Morgan fingerprint density at radius 1 is 1.25 bits per heavy atom. The summed E-state index contributed by atoms with van der Waals surface area (Å²) in [6.07, 6.45) is 2.82. The van der Waals surface area contributed by atoms with E-state index in [4.69, 9.17) is 4.74 Å². The first-order chi connectivity index (χ1) is 11.4. The Balaban J connectivity index is 1.82. The third-order valence-electron chi connectivity index (χ3n) is 4.16. The zero-order valence-corrected chi connectivity index (χ0v) is 15.0. The number of carbonyl (C=O) groups excluding carboxylic acids is 2. The zero-order chi connectivity index (χ0) is 17.7. The minimum atomic E-state index is -0.201. The second-order valence-corrected chi connectivity index (χ2v) is 6.74. The molecule has 2 atom stereocenters. The van der Waals surface area contributed by atoms with Crippen LogP contribution < -0.4 is 10.1 Å². The van der Waals surface area contributed by atoms with Crippen LogP contribution in [-0.4, -0.2) is 36.4 Å². The lowest BCUT2D eigenvalue weighted by molar-refractivity contribution is -0.132. The zero-order valence-electron chi connectivity index (χ0n) is 15.0. The third kappa shape index (κ3) is 4.98. The van der Waals surface area contributed by atoms with E-state index in [-0.39, 0.29) is 29.8 Å². The first-order valence-electron chi connectivity index (χ1n) is 8.75. The summed E-state index contributed by atoms with van der Waals surface area (Å²) in [5, 5.41) is 2.89. The average Bonchev–Trinajstić information content (AvgIpc) is 3.34. The molecule has 0 spiro atoms. The van der Waals surface area contributed by atoms with Gasteiger partial charge in [0.2, 0.25) is 11.8 Å². The molecule has 24 heavy (non-hydrogen) atoms. The van der Waals surface area contributed by atoms with Gasteiger partial charge in [0.25, 0.3) is 0 Å². The van der Waals surface area contributed by atoms with Crippen molar-refractivity contribution in [3.63, 3.8) is 0 Å². The summed E-state index contributed by atoms with van der Waals surface area (Å²) in [6, 6.07) is 7.32. The summed E-state index contributed by atoms with van der Waals surface area (Å²) in [7, 11) is 1.82. The van der Waals surface area contributed by atoms with Gasteiger partial charge in [0.15, 0.2) is 0 Å². The number of hydrogen-bond acceptors (Lipinski definition) is 3. The SMILES string of the molecule is CCCCN(C)C(=O)C1CC1C(=O)Nc1ccc(OC(C)C)cc1. The Morgan fingerprint density at radius 3 is 2.50 bits per heavy atom. The molecular weight excluding hydrogens is 304 g/mol. The monoisotopic (exact) mass is 332 g/mol. The Labute approximate surface area is 144 Å². The number of nitrogens with zero attached hydrogens (tertiary/aromatic N) is 1. The number of rotatable bonds is 8. The molecule has 1 N–H and O–H groups in total. The first-order valence-corrected chi connectivity index (χ1v) is 8.75. The van der Waals surface area contributed by atoms with E-state index in [0.717, 1.165) is 30.8 Å². The molecular formula is C19H28N2O3. The van der Waals surface area contributed by atoms with Gasteiger partial charge in [0.05, 0.1) is 17.9 Å². The molecule has 0 aromatic heterocycles. The van der Waals surface area contributed by atoms with Gasteiger partial charge in [-0.3, -0.25) is 9.59 Å². The lowest BCUT2D eigenvalue weighted by Gasteiger charge is -2.16. The molecule has 1 saturated carbocycles. The second-order valence-electron chi connectivity index (χ2n) is 6.74. The number of hydrogen-bond donors (Lipinski definition) is 1. The van der Waals surface area contributed by atoms with Crippen molar-refractivity contribution in [2.24, 2.45) is 11.8 Å². The van der Waals surface area contributed by atoms with Crippen molar-refractivity contribution in [1.29, 1.82) is 0 Å².